The number of aromatic nitrogens is 2. The molecule has 1 aromatic carbocycles. The minimum absolute atomic E-state index is 0.00285. The summed E-state index contributed by atoms with van der Waals surface area (Å²) in [5, 5.41) is 2.93. The van der Waals surface area contributed by atoms with Crippen LogP contribution in [0, 0.1) is 0 Å². The summed E-state index contributed by atoms with van der Waals surface area (Å²) in [6, 6.07) is 10.6. The first-order valence-corrected chi connectivity index (χ1v) is 10.1. The third-order valence-corrected chi connectivity index (χ3v) is 5.23. The van der Waals surface area contributed by atoms with Crippen LogP contribution in [0.2, 0.25) is 0 Å². The molecular weight excluding hydrogens is 352 g/mol. The van der Waals surface area contributed by atoms with Crippen molar-refractivity contribution in [3.05, 3.63) is 47.8 Å². The van der Waals surface area contributed by atoms with Gasteiger partial charge in [0.05, 0.1) is 12.6 Å². The van der Waals surface area contributed by atoms with Gasteiger partial charge in [-0.05, 0) is 43.2 Å². The third-order valence-electron chi connectivity index (χ3n) is 5.23. The van der Waals surface area contributed by atoms with Gasteiger partial charge in [0.15, 0.2) is 0 Å². The second kappa shape index (κ2) is 9.53. The molecule has 1 aromatic heterocycles. The molecule has 6 nitrogen and oxygen atoms in total. The molecule has 2 aromatic rings. The van der Waals surface area contributed by atoms with Gasteiger partial charge in [-0.2, -0.15) is 0 Å². The minimum atomic E-state index is -0.00285. The van der Waals surface area contributed by atoms with Crippen molar-refractivity contribution in [1.29, 1.82) is 0 Å². The first-order valence-electron chi connectivity index (χ1n) is 10.1. The Balaban J connectivity index is 1.57. The maximum Gasteiger partial charge on any atom is 0.218 e. The fourth-order valence-electron chi connectivity index (χ4n) is 3.68. The van der Waals surface area contributed by atoms with E-state index in [1.807, 2.05) is 13.0 Å². The molecule has 0 bridgehead atoms. The standard InChI is InChI=1S/C22H30N4O2/c1-4-13-28-22-14-21(23-15-24-22)26-11-9-20(10-12-26)19-7-5-18(6-8-19)16(2)25-17(3)27/h5-8,14-16,20H,4,9-13H2,1-3H3,(H,25,27)/t16-/m0/s1. The molecule has 1 aliphatic rings. The largest absolute Gasteiger partial charge is 0.478 e. The Hall–Kier alpha value is -2.63. The Morgan fingerprint density at radius 3 is 2.61 bits per heavy atom. The molecule has 2 heterocycles. The summed E-state index contributed by atoms with van der Waals surface area (Å²) in [5.41, 5.74) is 2.50. The van der Waals surface area contributed by atoms with Crippen molar-refractivity contribution >= 4 is 11.7 Å². The number of benzene rings is 1. The number of rotatable bonds is 7. The molecule has 0 unspecified atom stereocenters. The Bertz CT molecular complexity index is 770. The van der Waals surface area contributed by atoms with E-state index in [0.29, 0.717) is 18.4 Å². The van der Waals surface area contributed by atoms with Crippen LogP contribution in [0.3, 0.4) is 0 Å². The Labute approximate surface area is 167 Å². The number of ether oxygens (including phenoxy) is 1. The molecule has 1 saturated heterocycles. The lowest BCUT2D eigenvalue weighted by molar-refractivity contribution is -0.119. The number of nitrogens with zero attached hydrogens (tertiary/aromatic N) is 3. The molecule has 1 atom stereocenters. The molecule has 3 rings (SSSR count). The Morgan fingerprint density at radius 1 is 1.25 bits per heavy atom. The summed E-state index contributed by atoms with van der Waals surface area (Å²) in [6.45, 7) is 8.26. The summed E-state index contributed by atoms with van der Waals surface area (Å²) in [7, 11) is 0. The zero-order valence-electron chi connectivity index (χ0n) is 17.0. The van der Waals surface area contributed by atoms with Gasteiger partial charge in [0.25, 0.3) is 0 Å². The van der Waals surface area contributed by atoms with Crippen LogP contribution in [-0.4, -0.2) is 35.6 Å². The molecule has 1 fully saturated rings. The van der Waals surface area contributed by atoms with Gasteiger partial charge in [-0.1, -0.05) is 31.2 Å². The molecule has 150 valence electrons. The van der Waals surface area contributed by atoms with Crippen LogP contribution in [0.4, 0.5) is 5.82 Å². The van der Waals surface area contributed by atoms with Gasteiger partial charge in [0, 0.05) is 26.1 Å². The van der Waals surface area contributed by atoms with Crippen LogP contribution < -0.4 is 15.0 Å². The molecule has 0 saturated carbocycles. The smallest absolute Gasteiger partial charge is 0.218 e. The van der Waals surface area contributed by atoms with Crippen molar-refractivity contribution in [2.24, 2.45) is 0 Å². The van der Waals surface area contributed by atoms with E-state index in [2.05, 4.69) is 51.4 Å². The fraction of sp³-hybridized carbons (Fsp3) is 0.500. The Morgan fingerprint density at radius 2 is 1.96 bits per heavy atom. The van der Waals surface area contributed by atoms with E-state index in [-0.39, 0.29) is 11.9 Å². The number of piperidine rings is 1. The number of anilines is 1. The van der Waals surface area contributed by atoms with Crippen LogP contribution in [0.25, 0.3) is 0 Å². The van der Waals surface area contributed by atoms with Gasteiger partial charge >= 0.3 is 0 Å². The number of hydrogen-bond donors (Lipinski definition) is 1. The lowest BCUT2D eigenvalue weighted by Crippen LogP contribution is -2.33. The van der Waals surface area contributed by atoms with Gasteiger partial charge in [0.2, 0.25) is 11.8 Å². The summed E-state index contributed by atoms with van der Waals surface area (Å²) in [6.07, 6.45) is 4.74. The quantitative estimate of drug-likeness (QED) is 0.788. The van der Waals surface area contributed by atoms with Gasteiger partial charge < -0.3 is 15.0 Å². The second-order valence-electron chi connectivity index (χ2n) is 7.41. The highest BCUT2D eigenvalue weighted by atomic mass is 16.5. The molecule has 0 radical (unpaired) electrons. The van der Waals surface area contributed by atoms with E-state index in [1.165, 1.54) is 5.56 Å². The number of nitrogens with one attached hydrogen (secondary N) is 1. The second-order valence-corrected chi connectivity index (χ2v) is 7.41. The van der Waals surface area contributed by atoms with Crippen LogP contribution in [-0.2, 0) is 4.79 Å². The van der Waals surface area contributed by atoms with Crippen molar-refractivity contribution in [2.45, 2.75) is 52.0 Å². The highest BCUT2D eigenvalue weighted by Gasteiger charge is 2.22. The molecule has 0 spiro atoms. The Kier molecular flexibility index (Phi) is 6.85. The average Bonchev–Trinajstić information content (AvgIpc) is 2.72. The van der Waals surface area contributed by atoms with Gasteiger partial charge in [-0.15, -0.1) is 0 Å². The normalized spacial score (nSPS) is 15.9. The summed E-state index contributed by atoms with van der Waals surface area (Å²) < 4.78 is 5.63. The minimum Gasteiger partial charge on any atom is -0.478 e. The maximum absolute atomic E-state index is 11.2. The SMILES string of the molecule is CCCOc1cc(N2CCC(c3ccc([C@H](C)NC(C)=O)cc3)CC2)ncn1. The van der Waals surface area contributed by atoms with Crippen LogP contribution in [0.1, 0.15) is 63.1 Å². The first-order chi connectivity index (χ1) is 13.6. The number of amides is 1. The lowest BCUT2D eigenvalue weighted by Gasteiger charge is -2.33. The van der Waals surface area contributed by atoms with Crippen molar-refractivity contribution in [3.8, 4) is 5.88 Å². The van der Waals surface area contributed by atoms with Crippen molar-refractivity contribution in [1.82, 2.24) is 15.3 Å². The van der Waals surface area contributed by atoms with E-state index in [4.69, 9.17) is 4.74 Å². The van der Waals surface area contributed by atoms with Gasteiger partial charge in [-0.25, -0.2) is 9.97 Å². The molecule has 0 aliphatic carbocycles. The molecule has 28 heavy (non-hydrogen) atoms. The highest BCUT2D eigenvalue weighted by molar-refractivity contribution is 5.73. The highest BCUT2D eigenvalue weighted by Crippen LogP contribution is 2.31. The van der Waals surface area contributed by atoms with Crippen LogP contribution in [0.15, 0.2) is 36.7 Å². The maximum atomic E-state index is 11.2. The molecule has 1 N–H and O–H groups in total. The predicted octanol–water partition coefficient (Wildman–Crippen LogP) is 3.85. The monoisotopic (exact) mass is 382 g/mol. The molecular formula is C22H30N4O2. The van der Waals surface area contributed by atoms with Crippen molar-refractivity contribution in [3.63, 3.8) is 0 Å². The first kappa shape index (κ1) is 20.1. The summed E-state index contributed by atoms with van der Waals surface area (Å²) in [5.74, 6) is 2.15. The van der Waals surface area contributed by atoms with E-state index >= 15 is 0 Å². The fourth-order valence-corrected chi connectivity index (χ4v) is 3.68. The average molecular weight is 383 g/mol. The molecule has 1 aliphatic heterocycles. The van der Waals surface area contributed by atoms with Gasteiger partial charge in [-0.3, -0.25) is 4.79 Å². The van der Waals surface area contributed by atoms with Gasteiger partial charge in [0.1, 0.15) is 12.1 Å². The third kappa shape index (κ3) is 5.21. The number of carbonyl (C=O) groups excluding carboxylic acids is 1. The lowest BCUT2D eigenvalue weighted by atomic mass is 9.88. The number of carbonyl (C=O) groups is 1. The predicted molar refractivity (Wildman–Crippen MR) is 111 cm³/mol. The van der Waals surface area contributed by atoms with Crippen molar-refractivity contribution in [2.75, 3.05) is 24.6 Å². The van der Waals surface area contributed by atoms with Crippen LogP contribution >= 0.6 is 0 Å². The van der Waals surface area contributed by atoms with E-state index in [0.717, 1.165) is 43.7 Å². The zero-order valence-corrected chi connectivity index (χ0v) is 17.0. The topological polar surface area (TPSA) is 67.3 Å². The van der Waals surface area contributed by atoms with E-state index in [1.54, 1.807) is 13.3 Å². The van der Waals surface area contributed by atoms with Crippen LogP contribution in [0.5, 0.6) is 5.88 Å². The van der Waals surface area contributed by atoms with Crippen molar-refractivity contribution < 1.29 is 9.53 Å². The van der Waals surface area contributed by atoms with E-state index in [9.17, 15) is 4.79 Å². The van der Waals surface area contributed by atoms with E-state index < -0.39 is 0 Å². The summed E-state index contributed by atoms with van der Waals surface area (Å²) in [4.78, 5) is 22.2. The summed E-state index contributed by atoms with van der Waals surface area (Å²) >= 11 is 0. The molecule has 6 heteroatoms. The number of hydrogen-bond acceptors (Lipinski definition) is 5. The zero-order chi connectivity index (χ0) is 19.9. The molecule has 1 amide bonds.